The molecule has 4 aromatic rings. The van der Waals surface area contributed by atoms with Crippen LogP contribution in [0.3, 0.4) is 0 Å². The Kier molecular flexibility index (Phi) is 5.72. The Hall–Kier alpha value is -2.21. The Labute approximate surface area is 187 Å². The van der Waals surface area contributed by atoms with Gasteiger partial charge in [0.15, 0.2) is 0 Å². The maximum absolute atomic E-state index is 13.4. The summed E-state index contributed by atoms with van der Waals surface area (Å²) in [4.78, 5) is 0.524. The molecule has 2 nitrogen and oxygen atoms in total. The van der Waals surface area contributed by atoms with Gasteiger partial charge in [-0.3, -0.25) is 0 Å². The van der Waals surface area contributed by atoms with Crippen LogP contribution in [0.2, 0.25) is 0 Å². The number of hydrogen-bond acceptors (Lipinski definition) is 2. The van der Waals surface area contributed by atoms with E-state index in [0.717, 1.165) is 26.7 Å². The zero-order valence-corrected chi connectivity index (χ0v) is 19.2. The first-order valence-electron chi connectivity index (χ1n) is 8.91. The Morgan fingerprint density at radius 2 is 1.14 bits per heavy atom. The van der Waals surface area contributed by atoms with Crippen molar-refractivity contribution in [2.24, 2.45) is 0 Å². The van der Waals surface area contributed by atoms with Crippen molar-refractivity contribution in [3.05, 3.63) is 106 Å². The molecule has 0 radical (unpaired) electrons. The Morgan fingerprint density at radius 1 is 0.552 bits per heavy atom. The summed E-state index contributed by atoms with van der Waals surface area (Å²) in [5, 5.41) is 0. The Balaban J connectivity index is 1.80. The molecular formula is C24H16Br2O2S. The third-order valence-electron chi connectivity index (χ3n) is 4.65. The van der Waals surface area contributed by atoms with Crippen molar-refractivity contribution in [2.45, 2.75) is 9.79 Å². The van der Waals surface area contributed by atoms with E-state index in [4.69, 9.17) is 0 Å². The molecule has 0 heterocycles. The summed E-state index contributed by atoms with van der Waals surface area (Å²) in [6.07, 6.45) is 0. The molecule has 0 aliphatic rings. The van der Waals surface area contributed by atoms with E-state index in [-0.39, 0.29) is 9.79 Å². The smallest absolute Gasteiger partial charge is 0.207 e. The first kappa shape index (κ1) is 20.1. The second-order valence-electron chi connectivity index (χ2n) is 6.55. The van der Waals surface area contributed by atoms with Crippen molar-refractivity contribution in [2.75, 3.05) is 0 Å². The molecule has 0 aliphatic carbocycles. The van der Waals surface area contributed by atoms with Crippen LogP contribution in [0, 0.1) is 0 Å². The van der Waals surface area contributed by atoms with Crippen LogP contribution in [-0.4, -0.2) is 8.42 Å². The van der Waals surface area contributed by atoms with Crippen LogP contribution in [-0.2, 0) is 9.84 Å². The second-order valence-corrected chi connectivity index (χ2v) is 10.2. The van der Waals surface area contributed by atoms with Crippen LogP contribution in [0.4, 0.5) is 0 Å². The van der Waals surface area contributed by atoms with Gasteiger partial charge in [0.05, 0.1) is 9.79 Å². The van der Waals surface area contributed by atoms with Gasteiger partial charge in [-0.2, -0.15) is 0 Å². The largest absolute Gasteiger partial charge is 0.218 e. The lowest BCUT2D eigenvalue weighted by Gasteiger charge is -2.11. The molecule has 0 saturated heterocycles. The van der Waals surface area contributed by atoms with Gasteiger partial charge in [-0.15, -0.1) is 0 Å². The van der Waals surface area contributed by atoms with Gasteiger partial charge >= 0.3 is 0 Å². The Morgan fingerprint density at radius 3 is 1.86 bits per heavy atom. The van der Waals surface area contributed by atoms with E-state index < -0.39 is 9.84 Å². The predicted molar refractivity (Wildman–Crippen MR) is 125 cm³/mol. The van der Waals surface area contributed by atoms with Gasteiger partial charge in [-0.25, -0.2) is 8.42 Å². The zero-order chi connectivity index (χ0) is 20.4. The minimum atomic E-state index is -3.69. The van der Waals surface area contributed by atoms with Gasteiger partial charge in [0.1, 0.15) is 0 Å². The molecule has 4 aromatic carbocycles. The highest BCUT2D eigenvalue weighted by atomic mass is 79.9. The molecule has 4 rings (SSSR count). The summed E-state index contributed by atoms with van der Waals surface area (Å²) in [5.41, 5.74) is 3.65. The topological polar surface area (TPSA) is 34.1 Å². The highest BCUT2D eigenvalue weighted by Crippen LogP contribution is 2.34. The van der Waals surface area contributed by atoms with Crippen molar-refractivity contribution in [1.82, 2.24) is 0 Å². The lowest BCUT2D eigenvalue weighted by atomic mass is 10.1. The summed E-state index contributed by atoms with van der Waals surface area (Å²) in [7, 11) is -3.69. The minimum absolute atomic E-state index is 0.253. The van der Waals surface area contributed by atoms with Gasteiger partial charge < -0.3 is 0 Å². The van der Waals surface area contributed by atoms with E-state index in [2.05, 4.69) is 31.9 Å². The molecule has 0 unspecified atom stereocenters. The fourth-order valence-corrected chi connectivity index (χ4v) is 5.68. The van der Waals surface area contributed by atoms with Crippen LogP contribution >= 0.6 is 31.9 Å². The number of hydrogen-bond donors (Lipinski definition) is 0. The maximum atomic E-state index is 13.4. The third kappa shape index (κ3) is 4.22. The number of rotatable bonds is 4. The first-order chi connectivity index (χ1) is 13.9. The van der Waals surface area contributed by atoms with E-state index in [1.165, 1.54) is 0 Å². The van der Waals surface area contributed by atoms with Gasteiger partial charge in [0.2, 0.25) is 9.84 Å². The quantitative estimate of drug-likeness (QED) is 0.277. The molecule has 0 aliphatic heterocycles. The van der Waals surface area contributed by atoms with E-state index in [1.54, 1.807) is 30.3 Å². The number of benzene rings is 4. The summed E-state index contributed by atoms with van der Waals surface area (Å²) < 4.78 is 28.4. The summed E-state index contributed by atoms with van der Waals surface area (Å²) in [6, 6.07) is 30.0. The van der Waals surface area contributed by atoms with Crippen molar-refractivity contribution < 1.29 is 8.42 Å². The fourth-order valence-electron chi connectivity index (χ4n) is 3.13. The molecule has 0 aromatic heterocycles. The maximum Gasteiger partial charge on any atom is 0.207 e. The molecular weight excluding hydrogens is 512 g/mol. The van der Waals surface area contributed by atoms with Crippen molar-refractivity contribution in [3.8, 4) is 22.3 Å². The van der Waals surface area contributed by atoms with Crippen molar-refractivity contribution >= 4 is 41.7 Å². The molecule has 0 bridgehead atoms. The summed E-state index contributed by atoms with van der Waals surface area (Å²) >= 11 is 6.85. The van der Waals surface area contributed by atoms with E-state index in [0.29, 0.717) is 4.47 Å². The molecule has 0 atom stereocenters. The molecule has 5 heteroatoms. The second kappa shape index (κ2) is 8.27. The minimum Gasteiger partial charge on any atom is -0.218 e. The van der Waals surface area contributed by atoms with Crippen LogP contribution in [0.1, 0.15) is 0 Å². The van der Waals surface area contributed by atoms with E-state index in [9.17, 15) is 8.42 Å². The molecule has 0 amide bonds. The SMILES string of the molecule is O=S(=O)(c1cccc(-c2ccccc2)c1)c1cc(-c2ccc(Br)cc2)ccc1Br. The van der Waals surface area contributed by atoms with Crippen molar-refractivity contribution in [1.29, 1.82) is 0 Å². The highest BCUT2D eigenvalue weighted by Gasteiger charge is 2.22. The van der Waals surface area contributed by atoms with Crippen LogP contribution in [0.25, 0.3) is 22.3 Å². The van der Waals surface area contributed by atoms with Gasteiger partial charge in [-0.1, -0.05) is 76.6 Å². The van der Waals surface area contributed by atoms with Crippen LogP contribution in [0.15, 0.2) is 116 Å². The average molecular weight is 528 g/mol. The summed E-state index contributed by atoms with van der Waals surface area (Å²) in [6.45, 7) is 0. The molecule has 0 fully saturated rings. The molecule has 0 spiro atoms. The predicted octanol–water partition coefficient (Wildman–Crippen LogP) is 7.38. The van der Waals surface area contributed by atoms with Crippen molar-refractivity contribution in [3.63, 3.8) is 0 Å². The van der Waals surface area contributed by atoms with Gasteiger partial charge in [0.25, 0.3) is 0 Å². The zero-order valence-electron chi connectivity index (χ0n) is 15.2. The summed E-state index contributed by atoms with van der Waals surface area (Å²) in [5.74, 6) is 0. The van der Waals surface area contributed by atoms with Crippen LogP contribution < -0.4 is 0 Å². The molecule has 0 saturated carbocycles. The molecule has 29 heavy (non-hydrogen) atoms. The average Bonchev–Trinajstić information content (AvgIpc) is 2.75. The first-order valence-corrected chi connectivity index (χ1v) is 12.0. The number of sulfone groups is 1. The lowest BCUT2D eigenvalue weighted by molar-refractivity contribution is 0.595. The molecule has 144 valence electrons. The van der Waals surface area contributed by atoms with Gasteiger partial charge in [0, 0.05) is 8.95 Å². The van der Waals surface area contributed by atoms with E-state index in [1.807, 2.05) is 66.7 Å². The monoisotopic (exact) mass is 526 g/mol. The van der Waals surface area contributed by atoms with Crippen LogP contribution in [0.5, 0.6) is 0 Å². The highest BCUT2D eigenvalue weighted by molar-refractivity contribution is 9.10. The van der Waals surface area contributed by atoms with E-state index >= 15 is 0 Å². The number of halogens is 2. The molecule has 0 N–H and O–H groups in total. The van der Waals surface area contributed by atoms with Gasteiger partial charge in [-0.05, 0) is 74.6 Å². The normalized spacial score (nSPS) is 11.4. The Bertz CT molecular complexity index is 1270. The lowest BCUT2D eigenvalue weighted by Crippen LogP contribution is -2.03. The third-order valence-corrected chi connectivity index (χ3v) is 7.92. The fraction of sp³-hybridized carbons (Fsp3) is 0. The standard InChI is InChI=1S/C24H16Br2O2S/c25-21-12-9-18(10-13-21)20-11-14-23(26)24(16-20)29(27,28)22-8-4-7-19(15-22)17-5-2-1-3-6-17/h1-16H.